The van der Waals surface area contributed by atoms with Crippen LogP contribution in [-0.2, 0) is 12.7 Å². The second-order valence-electron chi connectivity index (χ2n) is 3.59. The van der Waals surface area contributed by atoms with Gasteiger partial charge in [0.25, 0.3) is 0 Å². The summed E-state index contributed by atoms with van der Waals surface area (Å²) in [4.78, 5) is 0. The number of aryl methyl sites for hydroxylation is 1. The normalized spacial score (nSPS) is 12.0. The molecule has 0 aliphatic heterocycles. The molecule has 0 amide bonds. The average Bonchev–Trinajstić information content (AvgIpc) is 2.65. The lowest BCUT2D eigenvalue weighted by Crippen LogP contribution is -2.17. The summed E-state index contributed by atoms with van der Waals surface area (Å²) in [5.74, 6) is 0. The monoisotopic (exact) mass is 235 g/mol. The summed E-state index contributed by atoms with van der Waals surface area (Å²) in [6, 6.07) is 0. The molecule has 0 aromatic carbocycles. The molecule has 0 spiro atoms. The molecule has 3 nitrogen and oxygen atoms in total. The first-order valence-corrected chi connectivity index (χ1v) is 5.34. The molecule has 0 aliphatic rings. The van der Waals surface area contributed by atoms with Gasteiger partial charge >= 0.3 is 6.18 Å². The van der Waals surface area contributed by atoms with Gasteiger partial charge in [-0.05, 0) is 25.9 Å². The highest BCUT2D eigenvalue weighted by Gasteiger charge is 2.31. The minimum atomic E-state index is -4.29. The van der Waals surface area contributed by atoms with Crippen molar-refractivity contribution in [3.05, 3.63) is 18.0 Å². The van der Waals surface area contributed by atoms with Gasteiger partial charge in [-0.3, -0.25) is 4.68 Å². The zero-order valence-electron chi connectivity index (χ0n) is 9.22. The maximum absolute atomic E-state index is 12.2. The fraction of sp³-hybridized carbons (Fsp3) is 0.700. The summed E-state index contributed by atoms with van der Waals surface area (Å²) in [6.45, 7) is 4.31. The molecule has 16 heavy (non-hydrogen) atoms. The van der Waals surface area contributed by atoms with Crippen LogP contribution in [0, 0.1) is 0 Å². The molecule has 0 radical (unpaired) electrons. The summed E-state index contributed by atoms with van der Waals surface area (Å²) in [7, 11) is 0. The molecule has 6 heteroatoms. The highest BCUT2D eigenvalue weighted by molar-refractivity contribution is 5.08. The molecule has 0 aliphatic carbocycles. The second kappa shape index (κ2) is 5.89. The summed E-state index contributed by atoms with van der Waals surface area (Å²) in [5, 5.41) is 6.85. The van der Waals surface area contributed by atoms with Gasteiger partial charge in [0, 0.05) is 12.7 Å². The van der Waals surface area contributed by atoms with Crippen LogP contribution in [-0.4, -0.2) is 22.9 Å². The lowest BCUT2D eigenvalue weighted by Gasteiger charge is -2.03. The first-order chi connectivity index (χ1) is 7.54. The molecule has 0 saturated heterocycles. The van der Waals surface area contributed by atoms with E-state index in [2.05, 4.69) is 17.3 Å². The quantitative estimate of drug-likeness (QED) is 0.767. The lowest BCUT2D eigenvalue weighted by molar-refractivity contribution is -0.137. The fourth-order valence-corrected chi connectivity index (χ4v) is 1.30. The van der Waals surface area contributed by atoms with Crippen LogP contribution < -0.4 is 5.32 Å². The van der Waals surface area contributed by atoms with Gasteiger partial charge in [0.1, 0.15) is 0 Å². The number of halogens is 3. The van der Waals surface area contributed by atoms with E-state index in [0.717, 1.165) is 38.3 Å². The van der Waals surface area contributed by atoms with Gasteiger partial charge in [0.2, 0.25) is 0 Å². The number of aromatic nitrogens is 2. The lowest BCUT2D eigenvalue weighted by atomic mass is 10.3. The Morgan fingerprint density at radius 2 is 2.12 bits per heavy atom. The maximum atomic E-state index is 12.2. The smallest absolute Gasteiger partial charge is 0.317 e. The molecule has 1 rings (SSSR count). The number of nitrogens with zero attached hydrogens (tertiary/aromatic N) is 2. The predicted octanol–water partition coefficient (Wildman–Crippen LogP) is 2.29. The highest BCUT2D eigenvalue weighted by Crippen LogP contribution is 2.28. The van der Waals surface area contributed by atoms with Crippen LogP contribution in [0.15, 0.2) is 12.4 Å². The molecular weight excluding hydrogens is 219 g/mol. The van der Waals surface area contributed by atoms with Gasteiger partial charge in [0.05, 0.1) is 11.8 Å². The van der Waals surface area contributed by atoms with Crippen LogP contribution in [0.1, 0.15) is 25.3 Å². The van der Waals surface area contributed by atoms with E-state index in [-0.39, 0.29) is 0 Å². The Kier molecular flexibility index (Phi) is 4.79. The van der Waals surface area contributed by atoms with Crippen molar-refractivity contribution in [2.24, 2.45) is 0 Å². The van der Waals surface area contributed by atoms with Crippen molar-refractivity contribution in [1.29, 1.82) is 0 Å². The van der Waals surface area contributed by atoms with Gasteiger partial charge in [-0.15, -0.1) is 0 Å². The van der Waals surface area contributed by atoms with Crippen LogP contribution in [0.5, 0.6) is 0 Å². The summed E-state index contributed by atoms with van der Waals surface area (Å²) >= 11 is 0. The second-order valence-corrected chi connectivity index (χ2v) is 3.59. The third-order valence-electron chi connectivity index (χ3n) is 2.13. The van der Waals surface area contributed by atoms with Crippen LogP contribution >= 0.6 is 0 Å². The van der Waals surface area contributed by atoms with Crippen molar-refractivity contribution in [2.45, 2.75) is 32.5 Å². The first-order valence-electron chi connectivity index (χ1n) is 5.34. The molecule has 0 bridgehead atoms. The van der Waals surface area contributed by atoms with E-state index in [1.807, 2.05) is 0 Å². The Bertz CT molecular complexity index is 307. The molecule has 1 aromatic rings. The minimum absolute atomic E-state index is 0.507. The van der Waals surface area contributed by atoms with Gasteiger partial charge in [-0.25, -0.2) is 0 Å². The SMILES string of the molecule is CCCNCCCn1cc(C(F)(F)F)cn1. The minimum Gasteiger partial charge on any atom is -0.317 e. The topological polar surface area (TPSA) is 29.9 Å². The summed E-state index contributed by atoms with van der Waals surface area (Å²) in [5.41, 5.74) is -0.686. The first kappa shape index (κ1) is 13.0. The van der Waals surface area contributed by atoms with Crippen LogP contribution in [0.3, 0.4) is 0 Å². The van der Waals surface area contributed by atoms with Crippen molar-refractivity contribution >= 4 is 0 Å². The Morgan fingerprint density at radius 3 is 2.69 bits per heavy atom. The van der Waals surface area contributed by atoms with Gasteiger partial charge in [-0.2, -0.15) is 18.3 Å². The Balaban J connectivity index is 2.30. The number of hydrogen-bond donors (Lipinski definition) is 1. The van der Waals surface area contributed by atoms with E-state index in [0.29, 0.717) is 6.54 Å². The van der Waals surface area contributed by atoms with Crippen molar-refractivity contribution in [2.75, 3.05) is 13.1 Å². The van der Waals surface area contributed by atoms with E-state index in [4.69, 9.17) is 0 Å². The summed E-state index contributed by atoms with van der Waals surface area (Å²) in [6.07, 6.45) is -0.559. The third kappa shape index (κ3) is 4.22. The number of alkyl halides is 3. The predicted molar refractivity (Wildman–Crippen MR) is 55.0 cm³/mol. The number of nitrogens with one attached hydrogen (secondary N) is 1. The molecule has 0 atom stereocenters. The molecule has 0 unspecified atom stereocenters. The standard InChI is InChI=1S/C10H16F3N3/c1-2-4-14-5-3-6-16-8-9(7-15-16)10(11,12)13/h7-8,14H,2-6H2,1H3. The van der Waals surface area contributed by atoms with Crippen molar-refractivity contribution < 1.29 is 13.2 Å². The maximum Gasteiger partial charge on any atom is 0.419 e. The average molecular weight is 235 g/mol. The number of hydrogen-bond acceptors (Lipinski definition) is 2. The molecular formula is C10H16F3N3. The van der Waals surface area contributed by atoms with E-state index < -0.39 is 11.7 Å². The fourth-order valence-electron chi connectivity index (χ4n) is 1.30. The van der Waals surface area contributed by atoms with Crippen molar-refractivity contribution in [3.8, 4) is 0 Å². The van der Waals surface area contributed by atoms with E-state index in [1.54, 1.807) is 0 Å². The molecule has 1 heterocycles. The van der Waals surface area contributed by atoms with Crippen LogP contribution in [0.4, 0.5) is 13.2 Å². The third-order valence-corrected chi connectivity index (χ3v) is 2.13. The van der Waals surface area contributed by atoms with E-state index >= 15 is 0 Å². The van der Waals surface area contributed by atoms with Gasteiger partial charge in [0.15, 0.2) is 0 Å². The van der Waals surface area contributed by atoms with Gasteiger partial charge < -0.3 is 5.32 Å². The Morgan fingerprint density at radius 1 is 1.38 bits per heavy atom. The van der Waals surface area contributed by atoms with E-state index in [1.165, 1.54) is 4.68 Å². The van der Waals surface area contributed by atoms with Crippen LogP contribution in [0.2, 0.25) is 0 Å². The summed E-state index contributed by atoms with van der Waals surface area (Å²) < 4.78 is 38.0. The van der Waals surface area contributed by atoms with E-state index in [9.17, 15) is 13.2 Å². The largest absolute Gasteiger partial charge is 0.419 e. The zero-order chi connectivity index (χ0) is 12.0. The highest BCUT2D eigenvalue weighted by atomic mass is 19.4. The molecule has 0 fully saturated rings. The zero-order valence-corrected chi connectivity index (χ0v) is 9.22. The van der Waals surface area contributed by atoms with Gasteiger partial charge in [-0.1, -0.05) is 6.92 Å². The Labute approximate surface area is 92.6 Å². The molecule has 0 saturated carbocycles. The number of rotatable bonds is 6. The molecule has 1 aromatic heterocycles. The van der Waals surface area contributed by atoms with Crippen LogP contribution in [0.25, 0.3) is 0 Å². The Hall–Kier alpha value is -1.04. The molecule has 92 valence electrons. The van der Waals surface area contributed by atoms with Crippen molar-refractivity contribution in [3.63, 3.8) is 0 Å². The molecule has 1 N–H and O–H groups in total. The van der Waals surface area contributed by atoms with Crippen molar-refractivity contribution in [1.82, 2.24) is 15.1 Å².